The Hall–Kier alpha value is -3.86. The third-order valence-electron chi connectivity index (χ3n) is 7.27. The fraction of sp³-hybridized carbons (Fsp3) is 0.323. The first-order valence-electron chi connectivity index (χ1n) is 13.6. The van der Waals surface area contributed by atoms with Gasteiger partial charge in [0.1, 0.15) is 45.9 Å². The summed E-state index contributed by atoms with van der Waals surface area (Å²) in [5.41, 5.74) is -0.149. The number of hydrogen-bond acceptors (Lipinski definition) is 6. The van der Waals surface area contributed by atoms with E-state index in [1.807, 2.05) is 0 Å². The van der Waals surface area contributed by atoms with E-state index in [0.29, 0.717) is 35.6 Å². The van der Waals surface area contributed by atoms with Gasteiger partial charge in [-0.1, -0.05) is 56.0 Å². The van der Waals surface area contributed by atoms with Crippen LogP contribution in [-0.4, -0.2) is 35.5 Å². The van der Waals surface area contributed by atoms with Gasteiger partial charge < -0.3 is 9.47 Å². The van der Waals surface area contributed by atoms with Crippen LogP contribution >= 0.6 is 11.8 Å². The summed E-state index contributed by atoms with van der Waals surface area (Å²) in [6.07, 6.45) is 5.93. The third kappa shape index (κ3) is 6.46. The molecule has 1 fully saturated rings. The molecule has 1 saturated carbocycles. The van der Waals surface area contributed by atoms with Crippen molar-refractivity contribution in [3.8, 4) is 11.5 Å². The number of benzene rings is 3. The first-order chi connectivity index (χ1) is 20.2. The Morgan fingerprint density at radius 1 is 0.952 bits per heavy atom. The number of ketones is 1. The van der Waals surface area contributed by atoms with Crippen LogP contribution in [0.25, 0.3) is 0 Å². The number of carbonyl (C=O) groups is 2. The maximum Gasteiger partial charge on any atom is 0.281 e. The average Bonchev–Trinajstić information content (AvgIpc) is 3.41. The van der Waals surface area contributed by atoms with E-state index in [-0.39, 0.29) is 28.9 Å². The zero-order chi connectivity index (χ0) is 29.8. The number of methoxy groups -OCH3 is 1. The van der Waals surface area contributed by atoms with Gasteiger partial charge >= 0.3 is 0 Å². The number of amides is 1. The van der Waals surface area contributed by atoms with Gasteiger partial charge in [-0.25, -0.2) is 22.6 Å². The van der Waals surface area contributed by atoms with E-state index < -0.39 is 40.1 Å². The quantitative estimate of drug-likeness (QED) is 0.239. The van der Waals surface area contributed by atoms with E-state index in [0.717, 1.165) is 42.5 Å². The van der Waals surface area contributed by atoms with E-state index in [9.17, 15) is 27.2 Å². The second-order valence-electron chi connectivity index (χ2n) is 10.2. The number of halogens is 4. The van der Waals surface area contributed by atoms with Crippen molar-refractivity contribution < 1.29 is 36.6 Å². The van der Waals surface area contributed by atoms with Gasteiger partial charge in [-0.15, -0.1) is 0 Å². The molecular weight excluding hydrogens is 572 g/mol. The number of Topliss-reactive ketones (excluding diaryl/α,β-unsaturated/α-hetero) is 1. The maximum absolute atomic E-state index is 14.7. The van der Waals surface area contributed by atoms with Gasteiger partial charge in [0.05, 0.1) is 7.11 Å². The Kier molecular flexibility index (Phi) is 9.15. The molecule has 3 aromatic carbocycles. The van der Waals surface area contributed by atoms with Gasteiger partial charge in [0.2, 0.25) is 0 Å². The Labute approximate surface area is 244 Å². The summed E-state index contributed by atoms with van der Waals surface area (Å²) in [6.45, 7) is -0.167. The Balaban J connectivity index is 1.46. The largest absolute Gasteiger partial charge is 0.492 e. The highest BCUT2D eigenvalue weighted by atomic mass is 32.2. The number of hydrogen-bond donors (Lipinski definition) is 0. The zero-order valence-electron chi connectivity index (χ0n) is 22.7. The van der Waals surface area contributed by atoms with Crippen LogP contribution in [0.15, 0.2) is 59.7 Å². The lowest BCUT2D eigenvalue weighted by molar-refractivity contribution is -0.122. The SMILES string of the molecule is COc1c(OCC(=O)CC2CCCCC2)cccc1C1SC(c2ccc(F)cc2)=NN1C(=O)c1c(F)cc(F)cc1F. The van der Waals surface area contributed by atoms with Gasteiger partial charge in [0.15, 0.2) is 17.3 Å². The Morgan fingerprint density at radius 3 is 2.31 bits per heavy atom. The van der Waals surface area contributed by atoms with Crippen molar-refractivity contribution in [3.05, 3.63) is 94.6 Å². The molecule has 0 spiro atoms. The van der Waals surface area contributed by atoms with Crippen LogP contribution in [0.3, 0.4) is 0 Å². The standard InChI is InChI=1S/C31H28F4N2O4S/c1-40-28-23(8-5-9-26(28)41-17-22(38)14-18-6-3-2-4-7-18)31-37(30(39)27-24(34)15-21(33)16-25(27)35)36-29(42-31)19-10-12-20(32)13-11-19/h5,8-13,15-16,18,31H,2-4,6-7,14,17H2,1H3. The van der Waals surface area contributed by atoms with Crippen molar-refractivity contribution in [2.24, 2.45) is 11.0 Å². The molecule has 0 radical (unpaired) electrons. The summed E-state index contributed by atoms with van der Waals surface area (Å²) in [4.78, 5) is 26.2. The van der Waals surface area contributed by atoms with E-state index in [1.165, 1.54) is 37.8 Å². The van der Waals surface area contributed by atoms with Crippen LogP contribution in [-0.2, 0) is 4.79 Å². The lowest BCUT2D eigenvalue weighted by Gasteiger charge is -2.24. The molecule has 0 N–H and O–H groups in total. The predicted octanol–water partition coefficient (Wildman–Crippen LogP) is 7.42. The number of nitrogens with zero attached hydrogens (tertiary/aromatic N) is 2. The second kappa shape index (κ2) is 13.0. The number of hydrazone groups is 1. The first-order valence-corrected chi connectivity index (χ1v) is 14.4. The minimum atomic E-state index is -1.38. The fourth-order valence-electron chi connectivity index (χ4n) is 5.25. The molecule has 1 aliphatic carbocycles. The summed E-state index contributed by atoms with van der Waals surface area (Å²) in [7, 11) is 1.39. The number of thioether (sulfide) groups is 1. The van der Waals surface area contributed by atoms with Gasteiger partial charge in [-0.3, -0.25) is 9.59 Å². The van der Waals surface area contributed by atoms with Crippen LogP contribution in [0.1, 0.15) is 65.4 Å². The molecule has 11 heteroatoms. The topological polar surface area (TPSA) is 68.2 Å². The van der Waals surface area contributed by atoms with Crippen molar-refractivity contribution in [2.75, 3.05) is 13.7 Å². The molecule has 1 aliphatic heterocycles. The van der Waals surface area contributed by atoms with Crippen molar-refractivity contribution in [3.63, 3.8) is 0 Å². The second-order valence-corrected chi connectivity index (χ2v) is 11.3. The van der Waals surface area contributed by atoms with Gasteiger partial charge in [0, 0.05) is 29.7 Å². The monoisotopic (exact) mass is 600 g/mol. The molecule has 1 unspecified atom stereocenters. The minimum Gasteiger partial charge on any atom is -0.492 e. The summed E-state index contributed by atoms with van der Waals surface area (Å²) < 4.78 is 68.0. The van der Waals surface area contributed by atoms with Gasteiger partial charge in [-0.2, -0.15) is 5.10 Å². The number of rotatable bonds is 9. The predicted molar refractivity (Wildman–Crippen MR) is 150 cm³/mol. The maximum atomic E-state index is 14.7. The normalized spacial score (nSPS) is 17.2. The smallest absolute Gasteiger partial charge is 0.281 e. The molecular formula is C31H28F4N2O4S. The number of para-hydroxylation sites is 1. The summed E-state index contributed by atoms with van der Waals surface area (Å²) in [5, 5.41) is 4.48. The third-order valence-corrected chi connectivity index (χ3v) is 8.49. The van der Waals surface area contributed by atoms with Gasteiger partial charge in [0.25, 0.3) is 5.91 Å². The van der Waals surface area contributed by atoms with Crippen molar-refractivity contribution in [1.29, 1.82) is 0 Å². The van der Waals surface area contributed by atoms with Crippen molar-refractivity contribution in [1.82, 2.24) is 5.01 Å². The molecule has 5 rings (SSSR count). The Morgan fingerprint density at radius 2 is 1.64 bits per heavy atom. The van der Waals surface area contributed by atoms with Crippen LogP contribution in [0.2, 0.25) is 0 Å². The first kappa shape index (κ1) is 29.6. The summed E-state index contributed by atoms with van der Waals surface area (Å²) in [6, 6.07) is 11.1. The van der Waals surface area contributed by atoms with Crippen LogP contribution in [0, 0.1) is 29.2 Å². The Bertz CT molecular complexity index is 1490. The molecule has 0 saturated heterocycles. The highest BCUT2D eigenvalue weighted by Gasteiger charge is 2.39. The number of ether oxygens (including phenoxy) is 2. The molecule has 3 aromatic rings. The summed E-state index contributed by atoms with van der Waals surface area (Å²) >= 11 is 1.07. The van der Waals surface area contributed by atoms with Gasteiger partial charge in [-0.05, 0) is 36.2 Å². The van der Waals surface area contributed by atoms with E-state index in [4.69, 9.17) is 9.47 Å². The molecule has 0 bridgehead atoms. The molecule has 0 aromatic heterocycles. The molecule has 1 amide bonds. The molecule has 220 valence electrons. The minimum absolute atomic E-state index is 0.0365. The lowest BCUT2D eigenvalue weighted by atomic mass is 9.86. The van der Waals surface area contributed by atoms with E-state index in [1.54, 1.807) is 18.2 Å². The molecule has 2 aliphatic rings. The van der Waals surface area contributed by atoms with Crippen molar-refractivity contribution in [2.45, 2.75) is 43.9 Å². The molecule has 1 atom stereocenters. The van der Waals surface area contributed by atoms with Crippen LogP contribution in [0.5, 0.6) is 11.5 Å². The molecule has 1 heterocycles. The van der Waals surface area contributed by atoms with Crippen LogP contribution in [0.4, 0.5) is 17.6 Å². The van der Waals surface area contributed by atoms with Crippen molar-refractivity contribution >= 4 is 28.5 Å². The fourth-order valence-corrected chi connectivity index (χ4v) is 6.42. The molecule has 42 heavy (non-hydrogen) atoms. The van der Waals surface area contributed by atoms with E-state index >= 15 is 0 Å². The molecule has 6 nitrogen and oxygen atoms in total. The highest BCUT2D eigenvalue weighted by Crippen LogP contribution is 2.48. The highest BCUT2D eigenvalue weighted by molar-refractivity contribution is 8.14. The van der Waals surface area contributed by atoms with E-state index in [2.05, 4.69) is 5.10 Å². The average molecular weight is 601 g/mol. The zero-order valence-corrected chi connectivity index (χ0v) is 23.6. The summed E-state index contributed by atoms with van der Waals surface area (Å²) in [5.74, 6) is -4.81. The van der Waals surface area contributed by atoms with Crippen LogP contribution < -0.4 is 9.47 Å². The lowest BCUT2D eigenvalue weighted by Crippen LogP contribution is -2.28. The number of carbonyl (C=O) groups excluding carboxylic acids is 2.